The number of aryl methyl sites for hydroxylation is 2. The Kier molecular flexibility index (Phi) is 13.7. The number of benzene rings is 9. The molecular formula is C74H65F5N4O. The van der Waals surface area contributed by atoms with Crippen LogP contribution < -0.4 is 14.5 Å². The molecule has 0 aliphatic carbocycles. The lowest BCUT2D eigenvalue weighted by Crippen LogP contribution is -2.25. The van der Waals surface area contributed by atoms with Gasteiger partial charge in [-0.3, -0.25) is 4.57 Å². The minimum absolute atomic E-state index is 0.0485. The van der Waals surface area contributed by atoms with Crippen molar-refractivity contribution >= 4 is 44.6 Å². The second-order valence-corrected chi connectivity index (χ2v) is 25.3. The van der Waals surface area contributed by atoms with Crippen molar-refractivity contribution in [1.29, 1.82) is 0 Å². The summed E-state index contributed by atoms with van der Waals surface area (Å²) >= 11 is 0. The molecule has 11 aromatic rings. The predicted molar refractivity (Wildman–Crippen MR) is 334 cm³/mol. The Morgan fingerprint density at radius 1 is 0.417 bits per heavy atom. The summed E-state index contributed by atoms with van der Waals surface area (Å²) in [6, 6.07) is 57.9. The number of hydrogen-bond donors (Lipinski definition) is 0. The summed E-state index contributed by atoms with van der Waals surface area (Å²) in [6.45, 7) is 23.5. The summed E-state index contributed by atoms with van der Waals surface area (Å²) in [7, 11) is 0. The summed E-state index contributed by atoms with van der Waals surface area (Å²) in [4.78, 5) is 8.96. The number of rotatable bonds is 9. The van der Waals surface area contributed by atoms with Crippen molar-refractivity contribution in [2.75, 3.05) is 16.5 Å². The fourth-order valence-corrected chi connectivity index (χ4v) is 11.9. The average molecular weight is 1120 g/mol. The van der Waals surface area contributed by atoms with Gasteiger partial charge in [0.25, 0.3) is 0 Å². The molecule has 0 bridgehead atoms. The van der Waals surface area contributed by atoms with Crippen molar-refractivity contribution in [2.24, 2.45) is 0 Å². The second kappa shape index (κ2) is 20.7. The van der Waals surface area contributed by atoms with Crippen LogP contribution in [0.15, 0.2) is 182 Å². The molecule has 3 heterocycles. The Bertz CT molecular complexity index is 4350. The molecule has 0 atom stereocenters. The van der Waals surface area contributed by atoms with Gasteiger partial charge in [-0.25, -0.2) is 26.9 Å². The number of halogens is 5. The molecule has 84 heavy (non-hydrogen) atoms. The highest BCUT2D eigenvalue weighted by atomic mass is 19.2. The molecule has 9 aromatic carbocycles. The fourth-order valence-electron chi connectivity index (χ4n) is 11.9. The first-order valence-corrected chi connectivity index (χ1v) is 28.4. The minimum Gasteiger partial charge on any atom is -0.457 e. The van der Waals surface area contributed by atoms with Crippen LogP contribution >= 0.6 is 0 Å². The molecule has 5 nitrogen and oxygen atoms in total. The van der Waals surface area contributed by atoms with Crippen LogP contribution in [0.4, 0.5) is 44.7 Å². The zero-order valence-corrected chi connectivity index (χ0v) is 49.1. The molecule has 0 fully saturated rings. The van der Waals surface area contributed by atoms with Crippen LogP contribution in [0.3, 0.4) is 0 Å². The maximum Gasteiger partial charge on any atom is 0.200 e. The maximum atomic E-state index is 16.9. The van der Waals surface area contributed by atoms with Crippen molar-refractivity contribution in [1.82, 2.24) is 9.55 Å². The van der Waals surface area contributed by atoms with E-state index >= 15 is 22.0 Å². The molecule has 0 radical (unpaired) electrons. The molecule has 0 unspecified atom stereocenters. The van der Waals surface area contributed by atoms with E-state index in [1.165, 1.54) is 0 Å². The largest absolute Gasteiger partial charge is 0.457 e. The smallest absolute Gasteiger partial charge is 0.200 e. The van der Waals surface area contributed by atoms with Crippen LogP contribution in [-0.2, 0) is 16.2 Å². The molecule has 0 saturated heterocycles. The molecular weight excluding hydrogens is 1060 g/mol. The molecule has 0 amide bonds. The van der Waals surface area contributed by atoms with Gasteiger partial charge in [0.05, 0.1) is 33.7 Å². The first kappa shape index (κ1) is 55.5. The van der Waals surface area contributed by atoms with E-state index in [0.717, 1.165) is 77.9 Å². The normalized spacial score (nSPS) is 12.9. The molecule has 1 aliphatic heterocycles. The zero-order chi connectivity index (χ0) is 59.3. The summed E-state index contributed by atoms with van der Waals surface area (Å²) in [6.07, 6.45) is 1.86. The summed E-state index contributed by atoms with van der Waals surface area (Å²) in [5, 5.41) is 2.12. The highest BCUT2D eigenvalue weighted by molar-refractivity contribution is 6.09. The van der Waals surface area contributed by atoms with Crippen molar-refractivity contribution in [2.45, 2.75) is 92.4 Å². The lowest BCUT2D eigenvalue weighted by molar-refractivity contribution is 0.381. The molecule has 12 rings (SSSR count). The van der Waals surface area contributed by atoms with Crippen molar-refractivity contribution < 1.29 is 26.7 Å². The predicted octanol–water partition coefficient (Wildman–Crippen LogP) is 21.1. The van der Waals surface area contributed by atoms with Crippen molar-refractivity contribution in [3.05, 3.63) is 239 Å². The molecule has 0 spiro atoms. The van der Waals surface area contributed by atoms with Gasteiger partial charge in [0.15, 0.2) is 23.3 Å². The standard InChI is InChI=1S/C74H65F5N4O/c1-43-20-19-21-44(2)64(43)48-34-52(40-54(35-48)84-53-28-29-56-55-24-15-16-25-59(55)83(62(56)41-53)63-39-49(30-31-80-63)72(3,4)5)81-42-82(61-27-18-17-26-60(61)81)71-57(47-32-50(73(6,7)8)38-51(33-47)74(9,10)11)36-46(45-22-13-12-14-23-45)37-58(71)65-66(75)68(77)70(79)69(78)67(65)76/h12-41H,42H2,1-11H3. The van der Waals surface area contributed by atoms with E-state index in [9.17, 15) is 0 Å². The van der Waals surface area contributed by atoms with E-state index in [-0.39, 0.29) is 34.2 Å². The lowest BCUT2D eigenvalue weighted by atomic mass is 9.78. The van der Waals surface area contributed by atoms with Crippen LogP contribution in [0.25, 0.3) is 72.1 Å². The van der Waals surface area contributed by atoms with Crippen molar-refractivity contribution in [3.63, 3.8) is 0 Å². The summed E-state index contributed by atoms with van der Waals surface area (Å²) < 4.78 is 90.0. The van der Waals surface area contributed by atoms with Crippen LogP contribution in [0.1, 0.15) is 90.1 Å². The first-order valence-electron chi connectivity index (χ1n) is 28.4. The quantitative estimate of drug-likeness (QED) is 0.0819. The number of nitrogens with zero attached hydrogens (tertiary/aromatic N) is 4. The zero-order valence-electron chi connectivity index (χ0n) is 49.1. The number of hydrogen-bond acceptors (Lipinski definition) is 4. The summed E-state index contributed by atoms with van der Waals surface area (Å²) in [5.41, 5.74) is 11.9. The average Bonchev–Trinajstić information content (AvgIpc) is 1.99. The van der Waals surface area contributed by atoms with Crippen LogP contribution in [0.5, 0.6) is 11.5 Å². The van der Waals surface area contributed by atoms with Gasteiger partial charge < -0.3 is 14.5 Å². The third kappa shape index (κ3) is 9.84. The SMILES string of the molecule is Cc1cccc(C)c1-c1cc(Oc2ccc3c4ccccc4n(-c4cc(C(C)(C)C)ccn4)c3c2)cc(N2CN(c3c(-c4cc(C(C)(C)C)cc(C(C)(C)C)c4)cc(-c4ccccc4)cc3-c3c(F)c(F)c(F)c(F)c3F)c3ccccc32)c1. The van der Waals surface area contributed by atoms with Gasteiger partial charge in [0, 0.05) is 45.9 Å². The van der Waals surface area contributed by atoms with E-state index in [2.05, 4.69) is 158 Å². The van der Waals surface area contributed by atoms with E-state index in [1.54, 1.807) is 6.07 Å². The van der Waals surface area contributed by atoms with Gasteiger partial charge in [0.1, 0.15) is 24.0 Å². The van der Waals surface area contributed by atoms with Gasteiger partial charge in [-0.1, -0.05) is 159 Å². The number of ether oxygens (including phenoxy) is 1. The van der Waals surface area contributed by atoms with E-state index < -0.39 is 34.6 Å². The van der Waals surface area contributed by atoms with Crippen LogP contribution in [0.2, 0.25) is 0 Å². The lowest BCUT2D eigenvalue weighted by Gasteiger charge is -2.30. The van der Waals surface area contributed by atoms with Crippen LogP contribution in [0, 0.1) is 42.9 Å². The Hall–Kier alpha value is -9.02. The monoisotopic (exact) mass is 1120 g/mol. The van der Waals surface area contributed by atoms with Gasteiger partial charge in [-0.05, 0) is 152 Å². The van der Waals surface area contributed by atoms with Crippen LogP contribution in [-0.4, -0.2) is 16.2 Å². The highest BCUT2D eigenvalue weighted by Crippen LogP contribution is 2.54. The molecule has 2 aromatic heterocycles. The Morgan fingerprint density at radius 3 is 1.65 bits per heavy atom. The molecule has 1 aliphatic rings. The summed E-state index contributed by atoms with van der Waals surface area (Å²) in [5.74, 6) is -8.22. The minimum atomic E-state index is -2.23. The Balaban J connectivity index is 1.09. The molecule has 10 heteroatoms. The van der Waals surface area contributed by atoms with Gasteiger partial charge in [-0.15, -0.1) is 0 Å². The number of anilines is 4. The van der Waals surface area contributed by atoms with E-state index in [4.69, 9.17) is 9.72 Å². The number of fused-ring (bicyclic) bond motifs is 4. The molecule has 422 valence electrons. The van der Waals surface area contributed by atoms with Gasteiger partial charge in [-0.2, -0.15) is 0 Å². The Labute approximate surface area is 488 Å². The Morgan fingerprint density at radius 2 is 1.00 bits per heavy atom. The van der Waals surface area contributed by atoms with Gasteiger partial charge >= 0.3 is 0 Å². The highest BCUT2D eigenvalue weighted by Gasteiger charge is 2.37. The van der Waals surface area contributed by atoms with Crippen molar-refractivity contribution in [3.8, 4) is 61.8 Å². The topological polar surface area (TPSA) is 33.5 Å². The van der Waals surface area contributed by atoms with E-state index in [0.29, 0.717) is 39.4 Å². The molecule has 0 N–H and O–H groups in total. The van der Waals surface area contributed by atoms with Gasteiger partial charge in [0.2, 0.25) is 5.82 Å². The second-order valence-electron chi connectivity index (χ2n) is 25.3. The third-order valence-corrected chi connectivity index (χ3v) is 16.4. The first-order chi connectivity index (χ1) is 39.9. The fraction of sp³-hybridized carbons (Fsp3) is 0.203. The van der Waals surface area contributed by atoms with E-state index in [1.807, 2.05) is 108 Å². The third-order valence-electron chi connectivity index (χ3n) is 16.4. The number of aromatic nitrogens is 2. The number of pyridine rings is 1. The number of para-hydroxylation sites is 3. The maximum absolute atomic E-state index is 16.9. The molecule has 0 saturated carbocycles.